The molecule has 0 aromatic rings. The lowest BCUT2D eigenvalue weighted by Gasteiger charge is -2.05. The lowest BCUT2D eigenvalue weighted by Crippen LogP contribution is -2.21. The summed E-state index contributed by atoms with van der Waals surface area (Å²) < 4.78 is 39.2. The fourth-order valence-electron chi connectivity index (χ4n) is 0.393. The molecule has 70 valence electrons. The van der Waals surface area contributed by atoms with Crippen molar-refractivity contribution in [2.24, 2.45) is 5.73 Å². The third-order valence-corrected chi connectivity index (χ3v) is 0.887. The highest BCUT2D eigenvalue weighted by Gasteiger charge is 2.32. The van der Waals surface area contributed by atoms with Crippen molar-refractivity contribution in [2.45, 2.75) is 13.1 Å². The summed E-state index contributed by atoms with van der Waals surface area (Å²) in [5, 5.41) is 0. The van der Waals surface area contributed by atoms with Crippen molar-refractivity contribution in [3.05, 3.63) is 11.8 Å². The van der Waals surface area contributed by atoms with E-state index in [1.165, 1.54) is 6.92 Å². The molecule has 0 unspecified atom stereocenters. The normalized spacial score (nSPS) is 12.8. The Morgan fingerprint density at radius 3 is 2.42 bits per heavy atom. The van der Waals surface area contributed by atoms with Gasteiger partial charge in [-0.3, -0.25) is 0 Å². The van der Waals surface area contributed by atoms with Gasteiger partial charge in [-0.25, -0.2) is 4.79 Å². The molecule has 0 saturated carbocycles. The quantitative estimate of drug-likeness (QED) is 0.512. The molecule has 0 aromatic heterocycles. The van der Waals surface area contributed by atoms with Crippen molar-refractivity contribution in [1.82, 2.24) is 0 Å². The van der Waals surface area contributed by atoms with Crippen molar-refractivity contribution in [3.8, 4) is 0 Å². The summed E-state index contributed by atoms with van der Waals surface area (Å²) in [6.45, 7) is 1.50. The first-order chi connectivity index (χ1) is 5.38. The molecule has 0 aliphatic heterocycles. The number of hydrogen-bond acceptors (Lipinski definition) is 3. The van der Waals surface area contributed by atoms with Gasteiger partial charge in [0.1, 0.15) is 5.70 Å². The minimum Gasteiger partial charge on any atom is -0.463 e. The molecule has 3 nitrogen and oxygen atoms in total. The molecule has 0 rings (SSSR count). The fourth-order valence-corrected chi connectivity index (χ4v) is 0.393. The summed E-state index contributed by atoms with van der Waals surface area (Å²) in [5.41, 5.74) is 3.06. The minimum atomic E-state index is -4.67. The van der Waals surface area contributed by atoms with Gasteiger partial charge in [0, 0.05) is 0 Å². The maximum Gasteiger partial charge on any atom is 0.430 e. The lowest BCUT2D eigenvalue weighted by molar-refractivity contribution is -0.138. The number of nitrogens with two attached hydrogens (primary N) is 1. The van der Waals surface area contributed by atoms with Crippen molar-refractivity contribution in [2.75, 3.05) is 6.61 Å². The Kier molecular flexibility index (Phi) is 3.59. The van der Waals surface area contributed by atoms with Gasteiger partial charge in [-0.2, -0.15) is 13.2 Å². The standard InChI is InChI=1S/C6H8F3NO2/c1-2-12-5(11)3-4(10)6(7,8)9/h3H,2,10H2,1H3/b4-3+. The monoisotopic (exact) mass is 183 g/mol. The molecule has 6 heteroatoms. The Hall–Kier alpha value is -1.20. The van der Waals surface area contributed by atoms with E-state index in [0.717, 1.165) is 0 Å². The second-order valence-electron chi connectivity index (χ2n) is 1.85. The van der Waals surface area contributed by atoms with Crippen molar-refractivity contribution >= 4 is 5.97 Å². The third kappa shape index (κ3) is 3.85. The zero-order valence-corrected chi connectivity index (χ0v) is 6.31. The van der Waals surface area contributed by atoms with E-state index in [4.69, 9.17) is 0 Å². The number of ether oxygens (including phenoxy) is 1. The van der Waals surface area contributed by atoms with E-state index in [1.54, 1.807) is 0 Å². The van der Waals surface area contributed by atoms with Crippen molar-refractivity contribution in [1.29, 1.82) is 0 Å². The van der Waals surface area contributed by atoms with E-state index < -0.39 is 17.8 Å². The summed E-state index contributed by atoms with van der Waals surface area (Å²) in [6, 6.07) is 0. The highest BCUT2D eigenvalue weighted by molar-refractivity contribution is 5.82. The zero-order valence-electron chi connectivity index (χ0n) is 6.31. The smallest absolute Gasteiger partial charge is 0.430 e. The average molecular weight is 183 g/mol. The first kappa shape index (κ1) is 10.8. The van der Waals surface area contributed by atoms with Gasteiger partial charge in [-0.05, 0) is 6.92 Å². The largest absolute Gasteiger partial charge is 0.463 e. The Bertz CT molecular complexity index is 197. The number of halogens is 3. The van der Waals surface area contributed by atoms with Crippen LogP contribution in [0.5, 0.6) is 0 Å². The van der Waals surface area contributed by atoms with Gasteiger partial charge in [0.15, 0.2) is 0 Å². The molecule has 0 radical (unpaired) electrons. The summed E-state index contributed by atoms with van der Waals surface area (Å²) in [7, 11) is 0. The molecule has 0 spiro atoms. The van der Waals surface area contributed by atoms with Crippen LogP contribution in [0.1, 0.15) is 6.92 Å². The Labute approximate surface area is 67.0 Å². The summed E-state index contributed by atoms with van der Waals surface area (Å²) in [5.74, 6) is -1.09. The second-order valence-corrected chi connectivity index (χ2v) is 1.85. The maximum atomic E-state index is 11.6. The van der Waals surface area contributed by atoms with Crippen LogP contribution in [0.4, 0.5) is 13.2 Å². The van der Waals surface area contributed by atoms with Crippen molar-refractivity contribution < 1.29 is 22.7 Å². The first-order valence-corrected chi connectivity index (χ1v) is 3.09. The lowest BCUT2D eigenvalue weighted by atomic mass is 10.4. The molecule has 0 aliphatic rings. The van der Waals surface area contributed by atoms with Crippen LogP contribution in [-0.4, -0.2) is 18.8 Å². The van der Waals surface area contributed by atoms with Crippen LogP contribution in [0, 0.1) is 0 Å². The van der Waals surface area contributed by atoms with Crippen LogP contribution in [-0.2, 0) is 9.53 Å². The average Bonchev–Trinajstić information content (AvgIpc) is 1.85. The first-order valence-electron chi connectivity index (χ1n) is 3.09. The maximum absolute atomic E-state index is 11.6. The number of carbonyl (C=O) groups is 1. The van der Waals surface area contributed by atoms with Crippen LogP contribution in [0.3, 0.4) is 0 Å². The van der Waals surface area contributed by atoms with Gasteiger partial charge in [0.2, 0.25) is 0 Å². The van der Waals surface area contributed by atoms with Crippen LogP contribution in [0.2, 0.25) is 0 Å². The molecule has 0 aromatic carbocycles. The van der Waals surface area contributed by atoms with E-state index in [0.29, 0.717) is 0 Å². The van der Waals surface area contributed by atoms with Crippen LogP contribution >= 0.6 is 0 Å². The molecule has 2 N–H and O–H groups in total. The van der Waals surface area contributed by atoms with Crippen molar-refractivity contribution in [3.63, 3.8) is 0 Å². The fraction of sp³-hybridized carbons (Fsp3) is 0.500. The zero-order chi connectivity index (χ0) is 9.78. The van der Waals surface area contributed by atoms with Gasteiger partial charge in [-0.1, -0.05) is 0 Å². The molecule has 0 bridgehead atoms. The number of alkyl halides is 3. The van der Waals surface area contributed by atoms with E-state index in [9.17, 15) is 18.0 Å². The van der Waals surface area contributed by atoms with Crippen LogP contribution in [0.25, 0.3) is 0 Å². The molecule has 0 amide bonds. The number of esters is 1. The molecular weight excluding hydrogens is 175 g/mol. The summed E-state index contributed by atoms with van der Waals surface area (Å²) in [6.07, 6.45) is -4.46. The molecule has 0 heterocycles. The van der Waals surface area contributed by atoms with E-state index in [-0.39, 0.29) is 12.7 Å². The molecule has 0 fully saturated rings. The SMILES string of the molecule is CCOC(=O)/C=C(/N)C(F)(F)F. The second kappa shape index (κ2) is 3.99. The Balaban J connectivity index is 4.26. The van der Waals surface area contributed by atoms with Crippen LogP contribution in [0.15, 0.2) is 11.8 Å². The topological polar surface area (TPSA) is 52.3 Å². The number of rotatable bonds is 2. The molecular formula is C6H8F3NO2. The van der Waals surface area contributed by atoms with Gasteiger partial charge >= 0.3 is 12.1 Å². The van der Waals surface area contributed by atoms with Gasteiger partial charge in [-0.15, -0.1) is 0 Å². The van der Waals surface area contributed by atoms with E-state index in [2.05, 4.69) is 10.5 Å². The Morgan fingerprint density at radius 2 is 2.08 bits per heavy atom. The van der Waals surface area contributed by atoms with E-state index in [1.807, 2.05) is 0 Å². The summed E-state index contributed by atoms with van der Waals surface area (Å²) in [4.78, 5) is 10.4. The summed E-state index contributed by atoms with van der Waals surface area (Å²) >= 11 is 0. The van der Waals surface area contributed by atoms with Crippen LogP contribution < -0.4 is 5.73 Å². The number of allylic oxidation sites excluding steroid dienone is 1. The predicted octanol–water partition coefficient (Wildman–Crippen LogP) is 0.954. The van der Waals surface area contributed by atoms with E-state index >= 15 is 0 Å². The number of hydrogen-bond donors (Lipinski definition) is 1. The molecule has 0 aliphatic carbocycles. The highest BCUT2D eigenvalue weighted by atomic mass is 19.4. The van der Waals surface area contributed by atoms with Gasteiger partial charge in [0.25, 0.3) is 0 Å². The molecule has 0 atom stereocenters. The number of carbonyl (C=O) groups excluding carboxylic acids is 1. The highest BCUT2D eigenvalue weighted by Crippen LogP contribution is 2.20. The Morgan fingerprint density at radius 1 is 1.58 bits per heavy atom. The molecule has 0 saturated heterocycles. The van der Waals surface area contributed by atoms with Gasteiger partial charge < -0.3 is 10.5 Å². The molecule has 12 heavy (non-hydrogen) atoms. The predicted molar refractivity (Wildman–Crippen MR) is 35.0 cm³/mol. The van der Waals surface area contributed by atoms with Gasteiger partial charge in [0.05, 0.1) is 12.7 Å². The minimum absolute atomic E-state index is 0.0144. The third-order valence-electron chi connectivity index (χ3n) is 0.887.